The number of carbonyl (C=O) groups is 2. The van der Waals surface area contributed by atoms with Gasteiger partial charge in [0.25, 0.3) is 0 Å². The van der Waals surface area contributed by atoms with Gasteiger partial charge in [-0.2, -0.15) is 0 Å². The van der Waals surface area contributed by atoms with Gasteiger partial charge in [0, 0.05) is 18.4 Å². The standard InChI is InChI=1S/C14H24O3/c1-10(9-14(3,4)5)7-12(15)8-11(2)13(16)17-6/h10H,2,7-9H2,1,3-6H3. The average molecular weight is 240 g/mol. The second-order valence-corrected chi connectivity index (χ2v) is 5.88. The van der Waals surface area contributed by atoms with Crippen LogP contribution in [0.3, 0.4) is 0 Å². The highest BCUT2D eigenvalue weighted by atomic mass is 16.5. The summed E-state index contributed by atoms with van der Waals surface area (Å²) in [5, 5.41) is 0. The monoisotopic (exact) mass is 240 g/mol. The molecule has 3 heteroatoms. The first-order valence-electron chi connectivity index (χ1n) is 5.93. The van der Waals surface area contributed by atoms with Crippen LogP contribution in [0.25, 0.3) is 0 Å². The average Bonchev–Trinajstić information content (AvgIpc) is 2.12. The zero-order chi connectivity index (χ0) is 13.6. The van der Waals surface area contributed by atoms with E-state index in [4.69, 9.17) is 0 Å². The summed E-state index contributed by atoms with van der Waals surface area (Å²) in [6.45, 7) is 12.1. The fourth-order valence-corrected chi connectivity index (χ4v) is 2.03. The first-order valence-corrected chi connectivity index (χ1v) is 5.93. The van der Waals surface area contributed by atoms with Crippen LogP contribution in [0.2, 0.25) is 0 Å². The molecule has 0 aliphatic heterocycles. The summed E-state index contributed by atoms with van der Waals surface area (Å²) in [5.41, 5.74) is 0.458. The number of hydrogen-bond donors (Lipinski definition) is 0. The van der Waals surface area contributed by atoms with Crippen molar-refractivity contribution in [3.05, 3.63) is 12.2 Å². The Morgan fingerprint density at radius 2 is 1.82 bits per heavy atom. The Hall–Kier alpha value is -1.12. The molecule has 17 heavy (non-hydrogen) atoms. The summed E-state index contributed by atoms with van der Waals surface area (Å²) in [5.74, 6) is -0.119. The molecule has 0 saturated heterocycles. The van der Waals surface area contributed by atoms with Gasteiger partial charge in [-0.15, -0.1) is 0 Å². The molecule has 0 aromatic carbocycles. The number of carbonyl (C=O) groups excluding carboxylic acids is 2. The number of methoxy groups -OCH3 is 1. The third kappa shape index (κ3) is 7.72. The number of ketones is 1. The Morgan fingerprint density at radius 1 is 1.29 bits per heavy atom. The Kier molecular flexibility index (Phi) is 6.14. The number of rotatable bonds is 6. The number of ether oxygens (including phenoxy) is 1. The van der Waals surface area contributed by atoms with Crippen molar-refractivity contribution in [2.45, 2.75) is 47.0 Å². The van der Waals surface area contributed by atoms with Crippen molar-refractivity contribution >= 4 is 11.8 Å². The molecule has 1 atom stereocenters. The van der Waals surface area contributed by atoms with Gasteiger partial charge in [0.2, 0.25) is 0 Å². The first kappa shape index (κ1) is 15.9. The molecule has 1 unspecified atom stereocenters. The van der Waals surface area contributed by atoms with Crippen molar-refractivity contribution < 1.29 is 14.3 Å². The maximum Gasteiger partial charge on any atom is 0.333 e. The van der Waals surface area contributed by atoms with E-state index >= 15 is 0 Å². The molecule has 0 bridgehead atoms. The normalized spacial score (nSPS) is 13.0. The SMILES string of the molecule is C=C(CC(=O)CC(C)CC(C)(C)C)C(=O)OC. The fraction of sp³-hybridized carbons (Fsp3) is 0.714. The molecular weight excluding hydrogens is 216 g/mol. The van der Waals surface area contributed by atoms with Crippen molar-refractivity contribution in [3.8, 4) is 0 Å². The zero-order valence-electron chi connectivity index (χ0n) is 11.6. The van der Waals surface area contributed by atoms with E-state index in [1.54, 1.807) is 0 Å². The highest BCUT2D eigenvalue weighted by molar-refractivity contribution is 5.95. The summed E-state index contributed by atoms with van der Waals surface area (Å²) < 4.78 is 4.51. The molecule has 0 aromatic rings. The molecule has 3 nitrogen and oxygen atoms in total. The summed E-state index contributed by atoms with van der Waals surface area (Å²) in [7, 11) is 1.29. The predicted octanol–water partition coefficient (Wildman–Crippen LogP) is 3.14. The lowest BCUT2D eigenvalue weighted by molar-refractivity contribution is -0.137. The summed E-state index contributed by atoms with van der Waals surface area (Å²) in [4.78, 5) is 22.8. The van der Waals surface area contributed by atoms with Gasteiger partial charge in [0.1, 0.15) is 5.78 Å². The second kappa shape index (κ2) is 6.58. The van der Waals surface area contributed by atoms with Crippen LogP contribution in [-0.2, 0) is 14.3 Å². The Balaban J connectivity index is 4.11. The summed E-state index contributed by atoms with van der Waals surface area (Å²) in [6.07, 6.45) is 1.58. The predicted molar refractivity (Wildman–Crippen MR) is 68.6 cm³/mol. The van der Waals surface area contributed by atoms with E-state index in [0.29, 0.717) is 12.3 Å². The molecule has 0 spiro atoms. The van der Waals surface area contributed by atoms with Crippen molar-refractivity contribution in [1.29, 1.82) is 0 Å². The van der Waals surface area contributed by atoms with Crippen LogP contribution >= 0.6 is 0 Å². The molecule has 0 amide bonds. The maximum absolute atomic E-state index is 11.7. The lowest BCUT2D eigenvalue weighted by atomic mass is 9.83. The largest absolute Gasteiger partial charge is 0.466 e. The van der Waals surface area contributed by atoms with E-state index < -0.39 is 5.97 Å². The topological polar surface area (TPSA) is 43.4 Å². The van der Waals surface area contributed by atoms with Gasteiger partial charge in [0.15, 0.2) is 0 Å². The van der Waals surface area contributed by atoms with Crippen molar-refractivity contribution in [1.82, 2.24) is 0 Å². The van der Waals surface area contributed by atoms with E-state index in [1.807, 2.05) is 0 Å². The van der Waals surface area contributed by atoms with Gasteiger partial charge in [0.05, 0.1) is 7.11 Å². The van der Waals surface area contributed by atoms with E-state index in [0.717, 1.165) is 6.42 Å². The molecule has 0 rings (SSSR count). The van der Waals surface area contributed by atoms with E-state index in [-0.39, 0.29) is 23.2 Å². The summed E-state index contributed by atoms with van der Waals surface area (Å²) >= 11 is 0. The molecule has 0 aliphatic rings. The van der Waals surface area contributed by atoms with Crippen LogP contribution in [0.5, 0.6) is 0 Å². The van der Waals surface area contributed by atoms with Gasteiger partial charge >= 0.3 is 5.97 Å². The van der Waals surface area contributed by atoms with Crippen LogP contribution in [0, 0.1) is 11.3 Å². The highest BCUT2D eigenvalue weighted by Gasteiger charge is 2.19. The van der Waals surface area contributed by atoms with Gasteiger partial charge in [-0.25, -0.2) is 4.79 Å². The van der Waals surface area contributed by atoms with Gasteiger partial charge < -0.3 is 4.74 Å². The number of Topliss-reactive ketones (excluding diaryl/α,β-unsaturated/α-hetero) is 1. The minimum atomic E-state index is -0.498. The first-order chi connectivity index (χ1) is 7.65. The molecule has 0 aromatic heterocycles. The lowest BCUT2D eigenvalue weighted by Gasteiger charge is -2.22. The van der Waals surface area contributed by atoms with Crippen LogP contribution < -0.4 is 0 Å². The molecule has 0 heterocycles. The third-order valence-electron chi connectivity index (χ3n) is 2.42. The molecule has 0 saturated carbocycles. The quantitative estimate of drug-likeness (QED) is 0.529. The van der Waals surface area contributed by atoms with E-state index in [1.165, 1.54) is 7.11 Å². The minimum Gasteiger partial charge on any atom is -0.466 e. The maximum atomic E-state index is 11.7. The van der Waals surface area contributed by atoms with Gasteiger partial charge in [-0.05, 0) is 17.8 Å². The Labute approximate surface area is 104 Å². The molecule has 0 aliphatic carbocycles. The van der Waals surface area contributed by atoms with Crippen molar-refractivity contribution in [2.24, 2.45) is 11.3 Å². The van der Waals surface area contributed by atoms with E-state index in [9.17, 15) is 9.59 Å². The Bertz CT molecular complexity index is 297. The lowest BCUT2D eigenvalue weighted by Crippen LogP contribution is -2.16. The zero-order valence-corrected chi connectivity index (χ0v) is 11.6. The smallest absolute Gasteiger partial charge is 0.333 e. The molecule has 0 radical (unpaired) electrons. The number of esters is 1. The molecule has 0 N–H and O–H groups in total. The molecular formula is C14H24O3. The summed E-state index contributed by atoms with van der Waals surface area (Å²) in [6, 6.07) is 0. The molecule has 98 valence electrons. The fourth-order valence-electron chi connectivity index (χ4n) is 2.03. The van der Waals surface area contributed by atoms with Crippen LogP contribution in [-0.4, -0.2) is 18.9 Å². The minimum absolute atomic E-state index is 0.0529. The van der Waals surface area contributed by atoms with Crippen LogP contribution in [0.4, 0.5) is 0 Å². The molecule has 0 fully saturated rings. The van der Waals surface area contributed by atoms with Crippen LogP contribution in [0.1, 0.15) is 47.0 Å². The third-order valence-corrected chi connectivity index (χ3v) is 2.42. The second-order valence-electron chi connectivity index (χ2n) is 5.88. The Morgan fingerprint density at radius 3 is 2.24 bits per heavy atom. The van der Waals surface area contributed by atoms with Gasteiger partial charge in [-0.1, -0.05) is 34.3 Å². The van der Waals surface area contributed by atoms with Crippen LogP contribution in [0.15, 0.2) is 12.2 Å². The highest BCUT2D eigenvalue weighted by Crippen LogP contribution is 2.26. The van der Waals surface area contributed by atoms with Crippen molar-refractivity contribution in [3.63, 3.8) is 0 Å². The number of hydrogen-bond acceptors (Lipinski definition) is 3. The van der Waals surface area contributed by atoms with Gasteiger partial charge in [-0.3, -0.25) is 4.79 Å². The van der Waals surface area contributed by atoms with E-state index in [2.05, 4.69) is 39.0 Å². The van der Waals surface area contributed by atoms with Crippen molar-refractivity contribution in [2.75, 3.05) is 7.11 Å².